The smallest absolute Gasteiger partial charge is 0.119 e. The second kappa shape index (κ2) is 9.45. The van der Waals surface area contributed by atoms with E-state index in [9.17, 15) is 0 Å². The number of aliphatic hydroxyl groups excluding tert-OH is 1. The summed E-state index contributed by atoms with van der Waals surface area (Å²) in [5, 5.41) is 7.57. The van der Waals surface area contributed by atoms with Gasteiger partial charge in [-0.15, -0.1) is 0 Å². The van der Waals surface area contributed by atoms with Crippen LogP contribution >= 0.6 is 0 Å². The van der Waals surface area contributed by atoms with Crippen molar-refractivity contribution in [1.82, 2.24) is 5.43 Å². The Bertz CT molecular complexity index is 229. The first-order chi connectivity index (χ1) is 7.24. The van der Waals surface area contributed by atoms with Crippen LogP contribution in [0.25, 0.3) is 0 Å². The first-order valence-electron chi connectivity index (χ1n) is 4.99. The molecule has 4 nitrogen and oxygen atoms in total. The van der Waals surface area contributed by atoms with E-state index in [2.05, 4.69) is 5.43 Å². The van der Waals surface area contributed by atoms with E-state index in [1.165, 1.54) is 0 Å². The minimum atomic E-state index is 0.171. The van der Waals surface area contributed by atoms with E-state index in [1.807, 2.05) is 37.3 Å². The Balaban J connectivity index is 0.000000583. The quantitative estimate of drug-likeness (QED) is 0.513. The van der Waals surface area contributed by atoms with Crippen LogP contribution in [0.5, 0.6) is 5.75 Å². The Kier molecular flexibility index (Phi) is 8.76. The highest BCUT2D eigenvalue weighted by Crippen LogP contribution is 2.07. The van der Waals surface area contributed by atoms with Gasteiger partial charge in [-0.1, -0.05) is 18.2 Å². The highest BCUT2D eigenvalue weighted by Gasteiger charge is 1.98. The average Bonchev–Trinajstić information content (AvgIpc) is 2.28. The average molecular weight is 212 g/mol. The molecule has 86 valence electrons. The van der Waals surface area contributed by atoms with Crippen molar-refractivity contribution in [1.29, 1.82) is 0 Å². The van der Waals surface area contributed by atoms with Crippen LogP contribution < -0.4 is 16.0 Å². The van der Waals surface area contributed by atoms with Gasteiger partial charge < -0.3 is 9.84 Å². The third-order valence-electron chi connectivity index (χ3n) is 1.53. The SMILES string of the molecule is CC(COc1ccccc1)NN.CCO. The molecule has 4 N–H and O–H groups in total. The molecule has 0 aromatic heterocycles. The minimum Gasteiger partial charge on any atom is -0.492 e. The van der Waals surface area contributed by atoms with Crippen LogP contribution in [0.4, 0.5) is 0 Å². The number of aliphatic hydroxyl groups is 1. The van der Waals surface area contributed by atoms with Gasteiger partial charge in [0.25, 0.3) is 0 Å². The van der Waals surface area contributed by atoms with E-state index in [1.54, 1.807) is 6.92 Å². The maximum Gasteiger partial charge on any atom is 0.119 e. The molecule has 1 aromatic rings. The Morgan fingerprint density at radius 3 is 2.40 bits per heavy atom. The fraction of sp³-hybridized carbons (Fsp3) is 0.455. The van der Waals surface area contributed by atoms with Gasteiger partial charge in [-0.05, 0) is 26.0 Å². The monoisotopic (exact) mass is 212 g/mol. The van der Waals surface area contributed by atoms with Gasteiger partial charge in [-0.3, -0.25) is 11.3 Å². The van der Waals surface area contributed by atoms with E-state index >= 15 is 0 Å². The van der Waals surface area contributed by atoms with E-state index in [-0.39, 0.29) is 12.6 Å². The Morgan fingerprint density at radius 2 is 1.93 bits per heavy atom. The van der Waals surface area contributed by atoms with Crippen molar-refractivity contribution in [3.63, 3.8) is 0 Å². The van der Waals surface area contributed by atoms with Crippen molar-refractivity contribution in [3.05, 3.63) is 30.3 Å². The van der Waals surface area contributed by atoms with Crippen LogP contribution in [0.1, 0.15) is 13.8 Å². The minimum absolute atomic E-state index is 0.171. The molecule has 4 heteroatoms. The zero-order valence-corrected chi connectivity index (χ0v) is 9.31. The topological polar surface area (TPSA) is 67.5 Å². The number of hydrogen-bond acceptors (Lipinski definition) is 4. The van der Waals surface area contributed by atoms with Crippen molar-refractivity contribution >= 4 is 0 Å². The molecule has 0 amide bonds. The third kappa shape index (κ3) is 7.93. The Labute approximate surface area is 91.0 Å². The lowest BCUT2D eigenvalue weighted by atomic mass is 10.3. The zero-order valence-electron chi connectivity index (χ0n) is 9.31. The number of ether oxygens (including phenoxy) is 1. The molecule has 0 fully saturated rings. The van der Waals surface area contributed by atoms with Gasteiger partial charge in [0.15, 0.2) is 0 Å². The number of hydrogen-bond donors (Lipinski definition) is 3. The Morgan fingerprint density at radius 1 is 1.40 bits per heavy atom. The number of benzene rings is 1. The normalized spacial score (nSPS) is 11.2. The van der Waals surface area contributed by atoms with E-state index in [4.69, 9.17) is 15.7 Å². The lowest BCUT2D eigenvalue weighted by molar-refractivity contribution is 0.275. The van der Waals surface area contributed by atoms with Gasteiger partial charge in [0, 0.05) is 6.61 Å². The van der Waals surface area contributed by atoms with Crippen LogP contribution in [0, 0.1) is 0 Å². The van der Waals surface area contributed by atoms with Crippen molar-refractivity contribution in [2.45, 2.75) is 19.9 Å². The van der Waals surface area contributed by atoms with Gasteiger partial charge in [0.2, 0.25) is 0 Å². The maximum atomic E-state index is 7.57. The van der Waals surface area contributed by atoms with Crippen molar-refractivity contribution in [3.8, 4) is 5.75 Å². The molecular weight excluding hydrogens is 192 g/mol. The van der Waals surface area contributed by atoms with Gasteiger partial charge in [-0.25, -0.2) is 0 Å². The highest BCUT2D eigenvalue weighted by molar-refractivity contribution is 5.20. The lowest BCUT2D eigenvalue weighted by Gasteiger charge is -2.11. The molecule has 1 unspecified atom stereocenters. The van der Waals surface area contributed by atoms with Gasteiger partial charge in [-0.2, -0.15) is 0 Å². The van der Waals surface area contributed by atoms with Gasteiger partial charge in [0.05, 0.1) is 6.04 Å². The first-order valence-corrected chi connectivity index (χ1v) is 4.99. The molecule has 15 heavy (non-hydrogen) atoms. The summed E-state index contributed by atoms with van der Waals surface area (Å²) in [4.78, 5) is 0. The summed E-state index contributed by atoms with van der Waals surface area (Å²) in [5.41, 5.74) is 2.61. The summed E-state index contributed by atoms with van der Waals surface area (Å²) in [6.45, 7) is 4.48. The summed E-state index contributed by atoms with van der Waals surface area (Å²) in [6, 6.07) is 9.85. The van der Waals surface area contributed by atoms with Crippen LogP contribution in [0.15, 0.2) is 30.3 Å². The van der Waals surface area contributed by atoms with Crippen LogP contribution in [0.3, 0.4) is 0 Å². The summed E-state index contributed by atoms with van der Waals surface area (Å²) in [6.07, 6.45) is 0. The number of nitrogens with one attached hydrogen (secondary N) is 1. The summed E-state index contributed by atoms with van der Waals surface area (Å²) in [7, 11) is 0. The molecule has 0 aliphatic heterocycles. The molecular formula is C11H20N2O2. The molecule has 0 aliphatic carbocycles. The predicted octanol–water partition coefficient (Wildman–Crippen LogP) is 0.916. The van der Waals surface area contributed by atoms with Gasteiger partial charge >= 0.3 is 0 Å². The highest BCUT2D eigenvalue weighted by atomic mass is 16.5. The molecule has 0 heterocycles. The van der Waals surface area contributed by atoms with Crippen LogP contribution in [-0.2, 0) is 0 Å². The van der Waals surface area contributed by atoms with Crippen LogP contribution in [0.2, 0.25) is 0 Å². The van der Waals surface area contributed by atoms with E-state index in [0.717, 1.165) is 5.75 Å². The number of rotatable bonds is 4. The second-order valence-corrected chi connectivity index (χ2v) is 3.01. The summed E-state index contributed by atoms with van der Waals surface area (Å²) in [5.74, 6) is 6.08. The van der Waals surface area contributed by atoms with Crippen molar-refractivity contribution in [2.75, 3.05) is 13.2 Å². The molecule has 0 spiro atoms. The zero-order chi connectivity index (χ0) is 11.5. The van der Waals surface area contributed by atoms with Crippen molar-refractivity contribution < 1.29 is 9.84 Å². The number of para-hydroxylation sites is 1. The van der Waals surface area contributed by atoms with Crippen LogP contribution in [-0.4, -0.2) is 24.4 Å². The second-order valence-electron chi connectivity index (χ2n) is 3.01. The molecule has 0 bridgehead atoms. The summed E-state index contributed by atoms with van der Waals surface area (Å²) < 4.78 is 5.42. The fourth-order valence-corrected chi connectivity index (χ4v) is 0.786. The molecule has 1 atom stereocenters. The van der Waals surface area contributed by atoms with Gasteiger partial charge in [0.1, 0.15) is 12.4 Å². The standard InChI is InChI=1S/C9H14N2O.C2H6O/c1-8(11-10)7-12-9-5-3-2-4-6-9;1-2-3/h2-6,8,11H,7,10H2,1H3;3H,2H2,1H3. The third-order valence-corrected chi connectivity index (χ3v) is 1.53. The molecule has 0 saturated heterocycles. The largest absolute Gasteiger partial charge is 0.492 e. The summed E-state index contributed by atoms with van der Waals surface area (Å²) >= 11 is 0. The van der Waals surface area contributed by atoms with Crippen molar-refractivity contribution in [2.24, 2.45) is 5.84 Å². The molecule has 1 aromatic carbocycles. The number of hydrazine groups is 1. The fourth-order valence-electron chi connectivity index (χ4n) is 0.786. The predicted molar refractivity (Wildman–Crippen MR) is 61.5 cm³/mol. The maximum absolute atomic E-state index is 7.57. The first kappa shape index (κ1) is 13.9. The van der Waals surface area contributed by atoms with E-state index in [0.29, 0.717) is 6.61 Å². The lowest BCUT2D eigenvalue weighted by Crippen LogP contribution is -2.36. The molecule has 0 radical (unpaired) electrons. The molecule has 0 saturated carbocycles. The van der Waals surface area contributed by atoms with E-state index < -0.39 is 0 Å². The number of nitrogens with two attached hydrogens (primary N) is 1. The molecule has 1 rings (SSSR count). The Hall–Kier alpha value is -1.10. The molecule has 0 aliphatic rings.